The molecule has 4 heteroatoms. The van der Waals surface area contributed by atoms with Gasteiger partial charge in [-0.05, 0) is 38.1 Å². The molecule has 0 atom stereocenters. The first-order valence-electron chi connectivity index (χ1n) is 7.47. The second-order valence-corrected chi connectivity index (χ2v) is 5.48. The van der Waals surface area contributed by atoms with E-state index >= 15 is 0 Å². The van der Waals surface area contributed by atoms with Gasteiger partial charge in [0.25, 0.3) is 5.91 Å². The number of aryl methyl sites for hydroxylation is 2. The predicted octanol–water partition coefficient (Wildman–Crippen LogP) is 3.87. The molecule has 1 aromatic heterocycles. The van der Waals surface area contributed by atoms with E-state index in [4.69, 9.17) is 4.74 Å². The molecule has 0 aliphatic heterocycles. The van der Waals surface area contributed by atoms with Gasteiger partial charge in [0.05, 0.1) is 0 Å². The van der Waals surface area contributed by atoms with E-state index < -0.39 is 0 Å². The van der Waals surface area contributed by atoms with Crippen LogP contribution < -0.4 is 10.1 Å². The van der Waals surface area contributed by atoms with E-state index in [0.29, 0.717) is 5.75 Å². The SMILES string of the molecule is Cc1ccc(NC(=O)COc2cccc3ccc(C)nc23)cc1. The number of ether oxygens (including phenoxy) is 1. The first kappa shape index (κ1) is 15.0. The molecule has 3 aromatic rings. The molecule has 0 aliphatic rings. The number of rotatable bonds is 4. The maximum absolute atomic E-state index is 12.0. The van der Waals surface area contributed by atoms with E-state index in [0.717, 1.165) is 27.8 Å². The molecule has 23 heavy (non-hydrogen) atoms. The van der Waals surface area contributed by atoms with Gasteiger partial charge in [0.15, 0.2) is 6.61 Å². The van der Waals surface area contributed by atoms with Gasteiger partial charge in [-0.2, -0.15) is 0 Å². The van der Waals surface area contributed by atoms with Crippen molar-refractivity contribution >= 4 is 22.5 Å². The van der Waals surface area contributed by atoms with Crippen LogP contribution in [0, 0.1) is 13.8 Å². The van der Waals surface area contributed by atoms with Crippen molar-refractivity contribution in [1.82, 2.24) is 4.98 Å². The lowest BCUT2D eigenvalue weighted by atomic mass is 10.2. The fraction of sp³-hybridized carbons (Fsp3) is 0.158. The second kappa shape index (κ2) is 6.48. The molecule has 0 aliphatic carbocycles. The maximum Gasteiger partial charge on any atom is 0.262 e. The molecule has 0 bridgehead atoms. The Balaban J connectivity index is 1.69. The number of hydrogen-bond acceptors (Lipinski definition) is 3. The molecule has 3 rings (SSSR count). The fourth-order valence-corrected chi connectivity index (χ4v) is 2.31. The van der Waals surface area contributed by atoms with Crippen molar-refractivity contribution in [1.29, 1.82) is 0 Å². The average Bonchev–Trinajstić information content (AvgIpc) is 2.55. The molecule has 0 radical (unpaired) electrons. The highest BCUT2D eigenvalue weighted by atomic mass is 16.5. The third-order valence-corrected chi connectivity index (χ3v) is 3.52. The standard InChI is InChI=1S/C19H18N2O2/c1-13-6-10-16(11-7-13)21-18(22)12-23-17-5-3-4-15-9-8-14(2)20-19(15)17/h3-11H,12H2,1-2H3,(H,21,22). The summed E-state index contributed by atoms with van der Waals surface area (Å²) in [7, 11) is 0. The summed E-state index contributed by atoms with van der Waals surface area (Å²) in [5.41, 5.74) is 3.60. The van der Waals surface area contributed by atoms with Gasteiger partial charge in [0.2, 0.25) is 0 Å². The molecule has 1 N–H and O–H groups in total. The predicted molar refractivity (Wildman–Crippen MR) is 91.8 cm³/mol. The van der Waals surface area contributed by atoms with Crippen LogP contribution in [-0.2, 0) is 4.79 Å². The summed E-state index contributed by atoms with van der Waals surface area (Å²) in [5, 5.41) is 3.81. The minimum absolute atomic E-state index is 0.0530. The molecule has 2 aromatic carbocycles. The zero-order valence-corrected chi connectivity index (χ0v) is 13.2. The Morgan fingerprint density at radius 1 is 1.04 bits per heavy atom. The Labute approximate surface area is 135 Å². The quantitative estimate of drug-likeness (QED) is 0.796. The number of pyridine rings is 1. The van der Waals surface area contributed by atoms with Crippen LogP contribution >= 0.6 is 0 Å². The van der Waals surface area contributed by atoms with E-state index in [-0.39, 0.29) is 12.5 Å². The number of benzene rings is 2. The fourth-order valence-electron chi connectivity index (χ4n) is 2.31. The normalized spacial score (nSPS) is 10.5. The van der Waals surface area contributed by atoms with E-state index in [1.807, 2.05) is 68.4 Å². The van der Waals surface area contributed by atoms with Crippen molar-refractivity contribution in [3.05, 3.63) is 65.9 Å². The van der Waals surface area contributed by atoms with E-state index in [1.165, 1.54) is 0 Å². The first-order valence-corrected chi connectivity index (χ1v) is 7.47. The van der Waals surface area contributed by atoms with Gasteiger partial charge in [-0.15, -0.1) is 0 Å². The van der Waals surface area contributed by atoms with Gasteiger partial charge >= 0.3 is 0 Å². The van der Waals surface area contributed by atoms with Crippen molar-refractivity contribution in [3.63, 3.8) is 0 Å². The van der Waals surface area contributed by atoms with Crippen LogP contribution in [0.3, 0.4) is 0 Å². The van der Waals surface area contributed by atoms with Crippen LogP contribution in [0.1, 0.15) is 11.3 Å². The Morgan fingerprint density at radius 3 is 2.61 bits per heavy atom. The van der Waals surface area contributed by atoms with Crippen molar-refractivity contribution < 1.29 is 9.53 Å². The molecular formula is C19H18N2O2. The number of anilines is 1. The molecular weight excluding hydrogens is 288 g/mol. The summed E-state index contributed by atoms with van der Waals surface area (Å²) in [4.78, 5) is 16.5. The molecule has 0 unspecified atom stereocenters. The molecule has 0 fully saturated rings. The van der Waals surface area contributed by atoms with Gasteiger partial charge in [-0.25, -0.2) is 4.98 Å². The van der Waals surface area contributed by atoms with E-state index in [1.54, 1.807) is 0 Å². The highest BCUT2D eigenvalue weighted by Crippen LogP contribution is 2.23. The molecule has 0 spiro atoms. The Kier molecular flexibility index (Phi) is 4.24. The number of aromatic nitrogens is 1. The number of para-hydroxylation sites is 1. The first-order chi connectivity index (χ1) is 11.1. The number of fused-ring (bicyclic) bond motifs is 1. The third kappa shape index (κ3) is 3.66. The monoisotopic (exact) mass is 306 g/mol. The molecule has 0 saturated heterocycles. The number of nitrogens with zero attached hydrogens (tertiary/aromatic N) is 1. The van der Waals surface area contributed by atoms with E-state index in [9.17, 15) is 4.79 Å². The second-order valence-electron chi connectivity index (χ2n) is 5.48. The lowest BCUT2D eigenvalue weighted by molar-refractivity contribution is -0.118. The number of hydrogen-bond donors (Lipinski definition) is 1. The largest absolute Gasteiger partial charge is 0.481 e. The van der Waals surface area contributed by atoms with Crippen molar-refractivity contribution in [3.8, 4) is 5.75 Å². The summed E-state index contributed by atoms with van der Waals surface area (Å²) >= 11 is 0. The van der Waals surface area contributed by atoms with Crippen LogP contribution in [0.2, 0.25) is 0 Å². The van der Waals surface area contributed by atoms with Crippen molar-refractivity contribution in [2.45, 2.75) is 13.8 Å². The smallest absolute Gasteiger partial charge is 0.262 e. The van der Waals surface area contributed by atoms with Gasteiger partial charge in [0.1, 0.15) is 11.3 Å². The minimum atomic E-state index is -0.196. The van der Waals surface area contributed by atoms with Gasteiger partial charge in [0, 0.05) is 16.8 Å². The zero-order valence-electron chi connectivity index (χ0n) is 13.2. The van der Waals surface area contributed by atoms with Crippen LogP contribution in [0.25, 0.3) is 10.9 Å². The van der Waals surface area contributed by atoms with Crippen LogP contribution in [-0.4, -0.2) is 17.5 Å². The summed E-state index contributed by atoms with van der Waals surface area (Å²) in [5.74, 6) is 0.420. The molecule has 1 heterocycles. The molecule has 0 saturated carbocycles. The summed E-state index contributed by atoms with van der Waals surface area (Å²) < 4.78 is 5.66. The zero-order chi connectivity index (χ0) is 16.2. The van der Waals surface area contributed by atoms with Crippen molar-refractivity contribution in [2.24, 2.45) is 0 Å². The lowest BCUT2D eigenvalue weighted by Crippen LogP contribution is -2.20. The topological polar surface area (TPSA) is 51.2 Å². The number of amides is 1. The molecule has 4 nitrogen and oxygen atoms in total. The lowest BCUT2D eigenvalue weighted by Gasteiger charge is -2.10. The third-order valence-electron chi connectivity index (χ3n) is 3.52. The summed E-state index contributed by atoms with van der Waals surface area (Å²) in [6.07, 6.45) is 0. The highest BCUT2D eigenvalue weighted by Gasteiger charge is 2.07. The number of nitrogens with one attached hydrogen (secondary N) is 1. The highest BCUT2D eigenvalue weighted by molar-refractivity contribution is 5.92. The number of carbonyl (C=O) groups excluding carboxylic acids is 1. The van der Waals surface area contributed by atoms with Gasteiger partial charge in [-0.1, -0.05) is 35.9 Å². The van der Waals surface area contributed by atoms with Crippen molar-refractivity contribution in [2.75, 3.05) is 11.9 Å². The Bertz CT molecular complexity index is 842. The number of carbonyl (C=O) groups is 1. The minimum Gasteiger partial charge on any atom is -0.481 e. The maximum atomic E-state index is 12.0. The average molecular weight is 306 g/mol. The van der Waals surface area contributed by atoms with Gasteiger partial charge < -0.3 is 10.1 Å². The Hall–Kier alpha value is -2.88. The van der Waals surface area contributed by atoms with Crippen LogP contribution in [0.5, 0.6) is 5.75 Å². The Morgan fingerprint density at radius 2 is 1.83 bits per heavy atom. The van der Waals surface area contributed by atoms with Gasteiger partial charge in [-0.3, -0.25) is 4.79 Å². The summed E-state index contributed by atoms with van der Waals surface area (Å²) in [6, 6.07) is 17.3. The molecule has 1 amide bonds. The van der Waals surface area contributed by atoms with E-state index in [2.05, 4.69) is 10.3 Å². The summed E-state index contributed by atoms with van der Waals surface area (Å²) in [6.45, 7) is 3.88. The molecule has 116 valence electrons. The van der Waals surface area contributed by atoms with Crippen LogP contribution in [0.15, 0.2) is 54.6 Å². The van der Waals surface area contributed by atoms with Crippen LogP contribution in [0.4, 0.5) is 5.69 Å².